The van der Waals surface area contributed by atoms with Gasteiger partial charge in [-0.2, -0.15) is 4.31 Å². The number of amides is 1. The number of carbonyl (C=O) groups excluding carboxylic acids is 1. The molecule has 0 N–H and O–H groups in total. The largest absolute Gasteiger partial charge is 0.493 e. The van der Waals surface area contributed by atoms with Gasteiger partial charge in [0.2, 0.25) is 15.9 Å². The van der Waals surface area contributed by atoms with Crippen LogP contribution in [0.15, 0.2) is 47.9 Å². The summed E-state index contributed by atoms with van der Waals surface area (Å²) in [4.78, 5) is 14.8. The number of fused-ring (bicyclic) bond motifs is 3. The summed E-state index contributed by atoms with van der Waals surface area (Å²) in [6.45, 7) is 4.27. The molecule has 2 heterocycles. The number of sulfonamides is 1. The van der Waals surface area contributed by atoms with Gasteiger partial charge in [-0.1, -0.05) is 24.8 Å². The van der Waals surface area contributed by atoms with Crippen molar-refractivity contribution in [2.45, 2.75) is 17.4 Å². The minimum absolute atomic E-state index is 0.162. The van der Waals surface area contributed by atoms with E-state index in [2.05, 4.69) is 6.58 Å². The number of methoxy groups -OCH3 is 2. The highest BCUT2D eigenvalue weighted by Gasteiger charge is 2.41. The molecule has 0 aliphatic carbocycles. The smallest absolute Gasteiger partial charge is 0.243 e. The second-order valence-electron chi connectivity index (χ2n) is 7.33. The Balaban J connectivity index is 1.71. The Bertz CT molecular complexity index is 1100. The summed E-state index contributed by atoms with van der Waals surface area (Å²) in [5.74, 6) is 0.988. The topological polar surface area (TPSA) is 76.2 Å². The van der Waals surface area contributed by atoms with Crippen LogP contribution >= 0.6 is 0 Å². The number of benzene rings is 2. The highest BCUT2D eigenvalue weighted by atomic mass is 32.2. The van der Waals surface area contributed by atoms with E-state index >= 15 is 0 Å². The second-order valence-corrected chi connectivity index (χ2v) is 9.27. The monoisotopic (exact) mass is 428 g/mol. The van der Waals surface area contributed by atoms with Crippen molar-refractivity contribution in [2.24, 2.45) is 0 Å². The van der Waals surface area contributed by atoms with Gasteiger partial charge in [0.1, 0.15) is 0 Å². The molecule has 1 fully saturated rings. The maximum Gasteiger partial charge on any atom is 0.243 e. The van der Waals surface area contributed by atoms with Crippen molar-refractivity contribution in [3.05, 3.63) is 59.7 Å². The quantitative estimate of drug-likeness (QED) is 0.731. The van der Waals surface area contributed by atoms with Gasteiger partial charge < -0.3 is 14.4 Å². The fourth-order valence-corrected chi connectivity index (χ4v) is 5.53. The van der Waals surface area contributed by atoms with Crippen LogP contribution in [0, 0.1) is 0 Å². The minimum Gasteiger partial charge on any atom is -0.493 e. The van der Waals surface area contributed by atoms with Crippen molar-refractivity contribution in [1.82, 2.24) is 9.21 Å². The van der Waals surface area contributed by atoms with Gasteiger partial charge in [-0.05, 0) is 47.4 Å². The molecule has 158 valence electrons. The lowest BCUT2D eigenvalue weighted by Gasteiger charge is -2.44. The van der Waals surface area contributed by atoms with Crippen molar-refractivity contribution in [3.63, 3.8) is 0 Å². The van der Waals surface area contributed by atoms with Crippen LogP contribution in [0.3, 0.4) is 0 Å². The van der Waals surface area contributed by atoms with Gasteiger partial charge in [0.15, 0.2) is 11.5 Å². The first-order valence-electron chi connectivity index (χ1n) is 9.66. The molecule has 1 amide bonds. The molecule has 2 aliphatic heterocycles. The van der Waals surface area contributed by atoms with Crippen LogP contribution in [-0.4, -0.2) is 57.4 Å². The average Bonchev–Trinajstić information content (AvgIpc) is 2.77. The number of nitrogens with zero attached hydrogens (tertiary/aromatic N) is 2. The fourth-order valence-electron chi connectivity index (χ4n) is 4.13. The molecule has 8 heteroatoms. The summed E-state index contributed by atoms with van der Waals surface area (Å²) >= 11 is 0. The fraction of sp³-hybridized carbons (Fsp3) is 0.318. The molecule has 2 aliphatic rings. The van der Waals surface area contributed by atoms with Crippen molar-refractivity contribution in [2.75, 3.05) is 33.9 Å². The predicted molar refractivity (Wildman–Crippen MR) is 113 cm³/mol. The summed E-state index contributed by atoms with van der Waals surface area (Å²) in [6, 6.07) is 9.90. The molecule has 0 saturated carbocycles. The first-order chi connectivity index (χ1) is 14.4. The van der Waals surface area contributed by atoms with Gasteiger partial charge in [-0.3, -0.25) is 4.79 Å². The van der Waals surface area contributed by atoms with Crippen molar-refractivity contribution in [1.29, 1.82) is 0 Å². The maximum absolute atomic E-state index is 13.2. The molecule has 0 aromatic heterocycles. The zero-order valence-corrected chi connectivity index (χ0v) is 17.8. The summed E-state index contributed by atoms with van der Waals surface area (Å²) in [5.41, 5.74) is 2.77. The molecular formula is C22H24N2O5S. The molecule has 7 nitrogen and oxygen atoms in total. The Kier molecular flexibility index (Phi) is 5.29. The Morgan fingerprint density at radius 2 is 1.77 bits per heavy atom. The first kappa shape index (κ1) is 20.4. The van der Waals surface area contributed by atoms with Crippen LogP contribution in [0.2, 0.25) is 0 Å². The lowest BCUT2D eigenvalue weighted by molar-refractivity contribution is -0.138. The third-order valence-electron chi connectivity index (χ3n) is 5.76. The lowest BCUT2D eigenvalue weighted by atomic mass is 9.90. The van der Waals surface area contributed by atoms with Gasteiger partial charge in [-0.25, -0.2) is 8.42 Å². The van der Waals surface area contributed by atoms with E-state index in [4.69, 9.17) is 9.47 Å². The van der Waals surface area contributed by atoms with E-state index in [0.717, 1.165) is 16.7 Å². The van der Waals surface area contributed by atoms with E-state index in [-0.39, 0.29) is 29.9 Å². The third kappa shape index (κ3) is 3.36. The van der Waals surface area contributed by atoms with Crippen molar-refractivity contribution >= 4 is 22.0 Å². The van der Waals surface area contributed by atoms with E-state index in [1.165, 1.54) is 4.31 Å². The summed E-state index contributed by atoms with van der Waals surface area (Å²) in [7, 11) is -0.671. The zero-order valence-electron chi connectivity index (χ0n) is 17.0. The third-order valence-corrected chi connectivity index (χ3v) is 7.59. The van der Waals surface area contributed by atoms with Gasteiger partial charge in [0.05, 0.1) is 31.7 Å². The zero-order chi connectivity index (χ0) is 21.5. The number of carbonyl (C=O) groups is 1. The molecular weight excluding hydrogens is 404 g/mol. The number of rotatable bonds is 5. The molecule has 0 spiro atoms. The molecule has 0 unspecified atom stereocenters. The van der Waals surface area contributed by atoms with Crippen LogP contribution in [0.25, 0.3) is 6.08 Å². The molecule has 30 heavy (non-hydrogen) atoms. The van der Waals surface area contributed by atoms with Crippen molar-refractivity contribution < 1.29 is 22.7 Å². The van der Waals surface area contributed by atoms with E-state index in [0.29, 0.717) is 24.5 Å². The van der Waals surface area contributed by atoms with E-state index in [1.54, 1.807) is 49.5 Å². The molecule has 1 saturated heterocycles. The number of hydrogen-bond acceptors (Lipinski definition) is 5. The van der Waals surface area contributed by atoms with Crippen molar-refractivity contribution in [3.8, 4) is 11.5 Å². The van der Waals surface area contributed by atoms with Gasteiger partial charge in [-0.15, -0.1) is 0 Å². The molecule has 4 rings (SSSR count). The SMILES string of the molecule is C=Cc1ccc(S(=O)(=O)N2CC(=O)N3CCc4cc(OC)c(OC)cc4[C@H]3C2)cc1. The van der Waals surface area contributed by atoms with Gasteiger partial charge >= 0.3 is 0 Å². The van der Waals surface area contributed by atoms with E-state index < -0.39 is 10.0 Å². The molecule has 2 aromatic rings. The average molecular weight is 429 g/mol. The van der Waals surface area contributed by atoms with Gasteiger partial charge in [0.25, 0.3) is 0 Å². The van der Waals surface area contributed by atoms with E-state index in [9.17, 15) is 13.2 Å². The van der Waals surface area contributed by atoms with Crippen LogP contribution in [0.1, 0.15) is 22.7 Å². The normalized spacial score (nSPS) is 19.1. The van der Waals surface area contributed by atoms with Crippen LogP contribution < -0.4 is 9.47 Å². The van der Waals surface area contributed by atoms with E-state index in [1.807, 2.05) is 12.1 Å². The van der Waals surface area contributed by atoms with Gasteiger partial charge in [0, 0.05) is 13.1 Å². The number of ether oxygens (including phenoxy) is 2. The summed E-state index contributed by atoms with van der Waals surface area (Å²) in [5, 5.41) is 0. The van der Waals surface area contributed by atoms with Crippen LogP contribution in [0.4, 0.5) is 0 Å². The van der Waals surface area contributed by atoms with Crippen LogP contribution in [-0.2, 0) is 21.2 Å². The molecule has 1 atom stereocenters. The Labute approximate surface area is 176 Å². The molecule has 0 radical (unpaired) electrons. The Hall–Kier alpha value is -2.84. The highest BCUT2D eigenvalue weighted by Crippen LogP contribution is 2.40. The summed E-state index contributed by atoms with van der Waals surface area (Å²) in [6.07, 6.45) is 2.34. The summed E-state index contributed by atoms with van der Waals surface area (Å²) < 4.78 is 38.5. The maximum atomic E-state index is 13.2. The predicted octanol–water partition coefficient (Wildman–Crippen LogP) is 2.48. The molecule has 0 bridgehead atoms. The molecule has 2 aromatic carbocycles. The standard InChI is InChI=1S/C22H24N2O5S/c1-4-15-5-7-17(8-6-15)30(26,27)23-13-19-18-12-21(29-3)20(28-2)11-16(18)9-10-24(19)22(25)14-23/h4-8,11-12,19H,1,9-10,13-14H2,2-3H3/t19-/m1/s1. The number of piperazine rings is 1. The second kappa shape index (κ2) is 7.77. The lowest BCUT2D eigenvalue weighted by Crippen LogP contribution is -2.55. The Morgan fingerprint density at radius 1 is 1.10 bits per heavy atom. The first-order valence-corrected chi connectivity index (χ1v) is 11.1. The minimum atomic E-state index is -3.81. The number of hydrogen-bond donors (Lipinski definition) is 0. The highest BCUT2D eigenvalue weighted by molar-refractivity contribution is 7.89. The van der Waals surface area contributed by atoms with Crippen LogP contribution in [0.5, 0.6) is 11.5 Å². The Morgan fingerprint density at radius 3 is 2.40 bits per heavy atom.